The molecule has 0 N–H and O–H groups in total. The van der Waals surface area contributed by atoms with Gasteiger partial charge in [-0.05, 0) is 53.8 Å². The molecule has 3 aromatic rings. The van der Waals surface area contributed by atoms with Crippen molar-refractivity contribution in [3.63, 3.8) is 0 Å². The fourth-order valence-electron chi connectivity index (χ4n) is 5.17. The largest absolute Gasteiger partial charge is 0.573 e. The van der Waals surface area contributed by atoms with Gasteiger partial charge in [-0.3, -0.25) is 0 Å². The molecule has 0 bridgehead atoms. The van der Waals surface area contributed by atoms with Gasteiger partial charge < -0.3 is 4.74 Å². The molecule has 0 atom stereocenters. The molecular weight excluding hydrogens is 490 g/mol. The Kier molecular flexibility index (Phi) is 8.36. The maximum Gasteiger partial charge on any atom is 0.573 e. The lowest BCUT2D eigenvalue weighted by Crippen LogP contribution is -2.19. The van der Waals surface area contributed by atoms with E-state index in [0.29, 0.717) is 17.5 Å². The monoisotopic (exact) mass is 518 g/mol. The summed E-state index contributed by atoms with van der Waals surface area (Å²) in [6.45, 7) is 2.24. The molecule has 0 aliphatic heterocycles. The molecule has 0 unspecified atom stereocenters. The number of benzene rings is 3. The summed E-state index contributed by atoms with van der Waals surface area (Å²) in [5.74, 6) is 1.31. The highest BCUT2D eigenvalue weighted by atomic mass is 19.4. The first-order valence-electron chi connectivity index (χ1n) is 12.6. The van der Waals surface area contributed by atoms with Crippen LogP contribution in [-0.2, 0) is 6.42 Å². The molecule has 0 spiro atoms. The van der Waals surface area contributed by atoms with Gasteiger partial charge in [-0.15, -0.1) is 13.2 Å². The zero-order chi connectivity index (χ0) is 26.6. The van der Waals surface area contributed by atoms with Gasteiger partial charge in [0.05, 0.1) is 5.56 Å². The van der Waals surface area contributed by atoms with Crippen LogP contribution in [-0.4, -0.2) is 6.36 Å². The van der Waals surface area contributed by atoms with Gasteiger partial charge in [0.15, 0.2) is 11.6 Å². The van der Waals surface area contributed by atoms with E-state index in [9.17, 15) is 22.0 Å². The van der Waals surface area contributed by atoms with Crippen LogP contribution >= 0.6 is 0 Å². The van der Waals surface area contributed by atoms with Crippen LogP contribution < -0.4 is 4.74 Å². The van der Waals surface area contributed by atoms with Crippen LogP contribution in [0.25, 0.3) is 10.8 Å². The van der Waals surface area contributed by atoms with E-state index in [1.807, 2.05) is 12.1 Å². The summed E-state index contributed by atoms with van der Waals surface area (Å²) in [6.07, 6.45) is 4.58. The van der Waals surface area contributed by atoms with Crippen molar-refractivity contribution in [1.82, 2.24) is 0 Å². The van der Waals surface area contributed by atoms with Gasteiger partial charge >= 0.3 is 6.36 Å². The summed E-state index contributed by atoms with van der Waals surface area (Å²) in [5.41, 5.74) is 0.914. The number of ether oxygens (including phenoxy) is 1. The fourth-order valence-corrected chi connectivity index (χ4v) is 5.17. The molecule has 196 valence electrons. The van der Waals surface area contributed by atoms with Gasteiger partial charge in [0.2, 0.25) is 5.75 Å². The second kappa shape index (κ2) is 11.5. The van der Waals surface area contributed by atoms with Crippen LogP contribution in [0.1, 0.15) is 68.6 Å². The van der Waals surface area contributed by atoms with Crippen molar-refractivity contribution in [3.05, 3.63) is 76.6 Å². The summed E-state index contributed by atoms with van der Waals surface area (Å²) in [4.78, 5) is 0. The molecule has 0 saturated heterocycles. The number of alkyl halides is 3. The SMILES string of the molecule is CCCC1CCC(CCc2ccc3c(F)c(C#Cc4cc(F)c(OC(F)(F)F)c(F)c4)ccc3c2)CC1. The molecule has 1 fully saturated rings. The number of hydrogen-bond acceptors (Lipinski definition) is 1. The third kappa shape index (κ3) is 7.00. The average Bonchev–Trinajstić information content (AvgIpc) is 2.85. The van der Waals surface area contributed by atoms with Crippen LogP contribution in [0.15, 0.2) is 42.5 Å². The maximum atomic E-state index is 15.1. The van der Waals surface area contributed by atoms with Gasteiger partial charge in [0.25, 0.3) is 0 Å². The number of aryl methyl sites for hydroxylation is 1. The minimum atomic E-state index is -5.24. The van der Waals surface area contributed by atoms with Crippen molar-refractivity contribution in [1.29, 1.82) is 0 Å². The van der Waals surface area contributed by atoms with Crippen molar-refractivity contribution < 1.29 is 31.1 Å². The minimum absolute atomic E-state index is 0.0144. The molecule has 3 aromatic carbocycles. The predicted molar refractivity (Wildman–Crippen MR) is 132 cm³/mol. The summed E-state index contributed by atoms with van der Waals surface area (Å²) in [6, 6.07) is 10.0. The quantitative estimate of drug-likeness (QED) is 0.234. The molecule has 0 heterocycles. The zero-order valence-corrected chi connectivity index (χ0v) is 20.5. The van der Waals surface area contributed by atoms with E-state index in [-0.39, 0.29) is 11.1 Å². The Hall–Kier alpha value is -3.14. The standard InChI is InChI=1S/C30H28F6O/c1-2-3-19-4-6-20(7-5-19)8-9-21-11-15-25-24(16-21)14-13-23(28(25)33)12-10-22-17-26(31)29(27(32)18-22)37-30(34,35)36/h11,13-20H,2-9H2,1H3. The molecule has 37 heavy (non-hydrogen) atoms. The van der Waals surface area contributed by atoms with E-state index in [2.05, 4.69) is 23.5 Å². The van der Waals surface area contributed by atoms with Crippen LogP contribution in [0, 0.1) is 41.1 Å². The molecule has 1 saturated carbocycles. The van der Waals surface area contributed by atoms with Gasteiger partial charge in [0, 0.05) is 10.9 Å². The highest BCUT2D eigenvalue weighted by molar-refractivity contribution is 5.85. The zero-order valence-electron chi connectivity index (χ0n) is 20.5. The second-order valence-corrected chi connectivity index (χ2v) is 9.76. The Bertz CT molecular complexity index is 1290. The molecule has 1 nitrogen and oxygen atoms in total. The van der Waals surface area contributed by atoms with Gasteiger partial charge in [0.1, 0.15) is 5.82 Å². The molecule has 1 aliphatic carbocycles. The lowest BCUT2D eigenvalue weighted by atomic mass is 9.78. The summed E-state index contributed by atoms with van der Waals surface area (Å²) in [7, 11) is 0. The van der Waals surface area contributed by atoms with E-state index < -0.39 is 29.6 Å². The summed E-state index contributed by atoms with van der Waals surface area (Å²) in [5, 5.41) is 1.11. The molecular formula is C30H28F6O. The van der Waals surface area contributed by atoms with E-state index in [0.717, 1.165) is 35.6 Å². The van der Waals surface area contributed by atoms with Crippen LogP contribution in [0.2, 0.25) is 0 Å². The Morgan fingerprint density at radius 1 is 0.838 bits per heavy atom. The summed E-state index contributed by atoms with van der Waals surface area (Å²) >= 11 is 0. The molecule has 4 rings (SSSR count). The van der Waals surface area contributed by atoms with E-state index in [4.69, 9.17) is 0 Å². The fraction of sp³-hybridized carbons (Fsp3) is 0.400. The molecule has 1 aliphatic rings. The molecule has 0 amide bonds. The van der Waals surface area contributed by atoms with E-state index >= 15 is 4.39 Å². The Morgan fingerprint density at radius 3 is 2.11 bits per heavy atom. The highest BCUT2D eigenvalue weighted by Gasteiger charge is 2.34. The number of halogens is 6. The first-order chi connectivity index (χ1) is 17.6. The minimum Gasteiger partial charge on any atom is -0.399 e. The summed E-state index contributed by atoms with van der Waals surface area (Å²) < 4.78 is 83.2. The lowest BCUT2D eigenvalue weighted by Gasteiger charge is -2.28. The lowest BCUT2D eigenvalue weighted by molar-refractivity contribution is -0.276. The average molecular weight is 519 g/mol. The number of rotatable bonds is 6. The van der Waals surface area contributed by atoms with Gasteiger partial charge in [-0.2, -0.15) is 0 Å². The van der Waals surface area contributed by atoms with Crippen molar-refractivity contribution in [2.75, 3.05) is 0 Å². The Balaban J connectivity index is 1.45. The van der Waals surface area contributed by atoms with Crippen molar-refractivity contribution in [2.24, 2.45) is 11.8 Å². The third-order valence-electron chi connectivity index (χ3n) is 7.08. The van der Waals surface area contributed by atoms with E-state index in [1.54, 1.807) is 12.1 Å². The molecule has 0 aromatic heterocycles. The Morgan fingerprint density at radius 2 is 1.49 bits per heavy atom. The smallest absolute Gasteiger partial charge is 0.399 e. The van der Waals surface area contributed by atoms with Crippen LogP contribution in [0.3, 0.4) is 0 Å². The number of fused-ring (bicyclic) bond motifs is 1. The first-order valence-corrected chi connectivity index (χ1v) is 12.6. The van der Waals surface area contributed by atoms with Crippen molar-refractivity contribution in [2.45, 2.75) is 64.7 Å². The van der Waals surface area contributed by atoms with Crippen LogP contribution in [0.5, 0.6) is 5.75 Å². The predicted octanol–water partition coefficient (Wildman–Crippen LogP) is 9.09. The second-order valence-electron chi connectivity index (χ2n) is 9.76. The Labute approximate surface area is 212 Å². The van der Waals surface area contributed by atoms with Crippen LogP contribution in [0.4, 0.5) is 26.3 Å². The molecule has 7 heteroatoms. The van der Waals surface area contributed by atoms with Gasteiger partial charge in [-0.1, -0.05) is 81.6 Å². The first kappa shape index (κ1) is 26.9. The third-order valence-corrected chi connectivity index (χ3v) is 7.08. The van der Waals surface area contributed by atoms with Crippen molar-refractivity contribution >= 4 is 10.8 Å². The van der Waals surface area contributed by atoms with Gasteiger partial charge in [-0.25, -0.2) is 13.2 Å². The molecule has 0 radical (unpaired) electrons. The van der Waals surface area contributed by atoms with E-state index in [1.165, 1.54) is 44.6 Å². The van der Waals surface area contributed by atoms with Crippen molar-refractivity contribution in [3.8, 4) is 17.6 Å². The normalized spacial score (nSPS) is 17.9. The maximum absolute atomic E-state index is 15.1. The highest BCUT2D eigenvalue weighted by Crippen LogP contribution is 2.34. The number of hydrogen-bond donors (Lipinski definition) is 0. The topological polar surface area (TPSA) is 9.23 Å².